The molecule has 1 aromatic rings. The highest BCUT2D eigenvalue weighted by molar-refractivity contribution is 6.30. The molecule has 3 heteroatoms. The molecule has 0 saturated heterocycles. The molecule has 1 atom stereocenters. The van der Waals surface area contributed by atoms with Crippen LogP contribution >= 0.6 is 11.6 Å². The standard InChI is InChI=1S/C12H13ClO2/c1-2-3-10(12(14)15)8-9-4-6-11(13)7-5-9/h2,4-7,10H,1,3,8H2,(H,14,15)/t10-/m1/s1. The van der Waals surface area contributed by atoms with Crippen molar-refractivity contribution in [3.05, 3.63) is 47.5 Å². The topological polar surface area (TPSA) is 37.3 Å². The Balaban J connectivity index is 2.69. The van der Waals surface area contributed by atoms with E-state index in [9.17, 15) is 4.79 Å². The summed E-state index contributed by atoms with van der Waals surface area (Å²) < 4.78 is 0. The molecule has 0 saturated carbocycles. The number of carboxylic acid groups (broad SMARTS) is 1. The van der Waals surface area contributed by atoms with Crippen molar-refractivity contribution >= 4 is 17.6 Å². The highest BCUT2D eigenvalue weighted by Crippen LogP contribution is 2.16. The number of halogens is 1. The van der Waals surface area contributed by atoms with Gasteiger partial charge in [-0.25, -0.2) is 0 Å². The first kappa shape index (κ1) is 11.8. The summed E-state index contributed by atoms with van der Waals surface area (Å²) >= 11 is 5.74. The molecule has 0 amide bonds. The minimum absolute atomic E-state index is 0.399. The van der Waals surface area contributed by atoms with Gasteiger partial charge in [-0.15, -0.1) is 6.58 Å². The Morgan fingerprint density at radius 3 is 2.53 bits per heavy atom. The third kappa shape index (κ3) is 3.76. The maximum Gasteiger partial charge on any atom is 0.307 e. The van der Waals surface area contributed by atoms with Gasteiger partial charge in [-0.2, -0.15) is 0 Å². The fourth-order valence-corrected chi connectivity index (χ4v) is 1.50. The van der Waals surface area contributed by atoms with Gasteiger partial charge >= 0.3 is 5.97 Å². The summed E-state index contributed by atoms with van der Waals surface area (Å²) in [6.07, 6.45) is 2.63. The number of benzene rings is 1. The largest absolute Gasteiger partial charge is 0.481 e. The molecule has 0 aliphatic heterocycles. The van der Waals surface area contributed by atoms with Crippen molar-refractivity contribution in [2.75, 3.05) is 0 Å². The smallest absolute Gasteiger partial charge is 0.307 e. The van der Waals surface area contributed by atoms with E-state index in [0.717, 1.165) is 5.56 Å². The van der Waals surface area contributed by atoms with Crippen LogP contribution in [0.1, 0.15) is 12.0 Å². The van der Waals surface area contributed by atoms with E-state index in [1.165, 1.54) is 0 Å². The highest BCUT2D eigenvalue weighted by Gasteiger charge is 2.15. The first-order chi connectivity index (χ1) is 7.13. The minimum atomic E-state index is -0.787. The van der Waals surface area contributed by atoms with Gasteiger partial charge in [0.1, 0.15) is 0 Å². The number of hydrogen-bond acceptors (Lipinski definition) is 1. The molecule has 0 fully saturated rings. The van der Waals surface area contributed by atoms with E-state index in [2.05, 4.69) is 6.58 Å². The zero-order valence-electron chi connectivity index (χ0n) is 8.32. The predicted octanol–water partition coefficient (Wildman–Crippen LogP) is 3.16. The fourth-order valence-electron chi connectivity index (χ4n) is 1.38. The summed E-state index contributed by atoms with van der Waals surface area (Å²) in [6, 6.07) is 7.23. The molecule has 80 valence electrons. The number of hydrogen-bond donors (Lipinski definition) is 1. The zero-order chi connectivity index (χ0) is 11.3. The van der Waals surface area contributed by atoms with E-state index in [-0.39, 0.29) is 0 Å². The Bertz CT molecular complexity index is 343. The quantitative estimate of drug-likeness (QED) is 0.781. The molecular formula is C12H13ClO2. The van der Waals surface area contributed by atoms with Crippen molar-refractivity contribution in [3.63, 3.8) is 0 Å². The Morgan fingerprint density at radius 2 is 2.07 bits per heavy atom. The van der Waals surface area contributed by atoms with E-state index in [1.54, 1.807) is 18.2 Å². The van der Waals surface area contributed by atoms with Gasteiger partial charge in [-0.05, 0) is 30.5 Å². The maximum atomic E-state index is 10.9. The van der Waals surface area contributed by atoms with Crippen LogP contribution in [0.15, 0.2) is 36.9 Å². The molecule has 0 bridgehead atoms. The fraction of sp³-hybridized carbons (Fsp3) is 0.250. The van der Waals surface area contributed by atoms with Gasteiger partial charge in [0.25, 0.3) is 0 Å². The molecule has 0 spiro atoms. The Kier molecular flexibility index (Phi) is 4.37. The summed E-state index contributed by atoms with van der Waals surface area (Å²) in [7, 11) is 0. The molecule has 0 aromatic heterocycles. The van der Waals surface area contributed by atoms with Crippen LogP contribution in [0.4, 0.5) is 0 Å². The van der Waals surface area contributed by atoms with E-state index in [4.69, 9.17) is 16.7 Å². The van der Waals surface area contributed by atoms with Crippen LogP contribution in [0, 0.1) is 5.92 Å². The molecule has 0 heterocycles. The van der Waals surface area contributed by atoms with Crippen LogP contribution in [-0.2, 0) is 11.2 Å². The first-order valence-corrected chi connectivity index (χ1v) is 5.09. The van der Waals surface area contributed by atoms with Crippen LogP contribution in [-0.4, -0.2) is 11.1 Å². The van der Waals surface area contributed by atoms with Crippen LogP contribution in [0.3, 0.4) is 0 Å². The van der Waals surface area contributed by atoms with Gasteiger partial charge in [0, 0.05) is 5.02 Å². The summed E-state index contributed by atoms with van der Waals surface area (Å²) in [4.78, 5) is 10.9. The lowest BCUT2D eigenvalue weighted by atomic mass is 9.96. The highest BCUT2D eigenvalue weighted by atomic mass is 35.5. The van der Waals surface area contributed by atoms with Gasteiger partial charge in [0.05, 0.1) is 5.92 Å². The van der Waals surface area contributed by atoms with Gasteiger partial charge < -0.3 is 5.11 Å². The van der Waals surface area contributed by atoms with Crippen molar-refractivity contribution in [2.45, 2.75) is 12.8 Å². The molecule has 1 N–H and O–H groups in total. The lowest BCUT2D eigenvalue weighted by Crippen LogP contribution is -2.15. The monoisotopic (exact) mass is 224 g/mol. The lowest BCUT2D eigenvalue weighted by Gasteiger charge is -2.09. The molecule has 0 aliphatic carbocycles. The SMILES string of the molecule is C=CC[C@H](Cc1ccc(Cl)cc1)C(=O)O. The summed E-state index contributed by atoms with van der Waals surface area (Å²) in [5.41, 5.74) is 0.980. The van der Waals surface area contributed by atoms with Crippen molar-refractivity contribution in [3.8, 4) is 0 Å². The predicted molar refractivity (Wildman–Crippen MR) is 61.1 cm³/mol. The number of aliphatic carboxylic acids is 1. The van der Waals surface area contributed by atoms with Crippen LogP contribution < -0.4 is 0 Å². The molecule has 0 unspecified atom stereocenters. The maximum absolute atomic E-state index is 10.9. The average molecular weight is 225 g/mol. The van der Waals surface area contributed by atoms with Crippen LogP contribution in [0.5, 0.6) is 0 Å². The normalized spacial score (nSPS) is 12.1. The van der Waals surface area contributed by atoms with Gasteiger partial charge in [-0.1, -0.05) is 29.8 Å². The minimum Gasteiger partial charge on any atom is -0.481 e. The van der Waals surface area contributed by atoms with E-state index in [1.807, 2.05) is 12.1 Å². The Morgan fingerprint density at radius 1 is 1.47 bits per heavy atom. The number of rotatable bonds is 5. The summed E-state index contributed by atoms with van der Waals surface area (Å²) in [5, 5.41) is 9.61. The van der Waals surface area contributed by atoms with Crippen molar-refractivity contribution in [1.82, 2.24) is 0 Å². The van der Waals surface area contributed by atoms with Gasteiger partial charge in [-0.3, -0.25) is 4.79 Å². The van der Waals surface area contributed by atoms with E-state index in [0.29, 0.717) is 17.9 Å². The molecular weight excluding hydrogens is 212 g/mol. The zero-order valence-corrected chi connectivity index (χ0v) is 9.07. The molecule has 1 aromatic carbocycles. The Hall–Kier alpha value is -1.28. The lowest BCUT2D eigenvalue weighted by molar-refractivity contribution is -0.141. The third-order valence-electron chi connectivity index (χ3n) is 2.20. The second-order valence-corrected chi connectivity index (χ2v) is 3.83. The molecule has 15 heavy (non-hydrogen) atoms. The van der Waals surface area contributed by atoms with Crippen molar-refractivity contribution in [2.24, 2.45) is 5.92 Å². The van der Waals surface area contributed by atoms with Gasteiger partial charge in [0.15, 0.2) is 0 Å². The number of allylic oxidation sites excluding steroid dienone is 1. The average Bonchev–Trinajstić information content (AvgIpc) is 2.20. The number of carboxylic acids is 1. The van der Waals surface area contributed by atoms with E-state index < -0.39 is 11.9 Å². The second kappa shape index (κ2) is 5.56. The molecule has 1 rings (SSSR count). The van der Waals surface area contributed by atoms with Crippen molar-refractivity contribution in [1.29, 1.82) is 0 Å². The first-order valence-electron chi connectivity index (χ1n) is 4.71. The van der Waals surface area contributed by atoms with Crippen molar-refractivity contribution < 1.29 is 9.90 Å². The molecule has 0 radical (unpaired) electrons. The third-order valence-corrected chi connectivity index (χ3v) is 2.45. The summed E-state index contributed by atoms with van der Waals surface area (Å²) in [5.74, 6) is -1.19. The van der Waals surface area contributed by atoms with E-state index >= 15 is 0 Å². The summed E-state index contributed by atoms with van der Waals surface area (Å²) in [6.45, 7) is 3.55. The molecule has 2 nitrogen and oxygen atoms in total. The second-order valence-electron chi connectivity index (χ2n) is 3.39. The molecule has 0 aliphatic rings. The Labute approximate surface area is 94.2 Å². The van der Waals surface area contributed by atoms with Crippen LogP contribution in [0.2, 0.25) is 5.02 Å². The van der Waals surface area contributed by atoms with Crippen LogP contribution in [0.25, 0.3) is 0 Å². The number of carbonyl (C=O) groups is 1. The van der Waals surface area contributed by atoms with Gasteiger partial charge in [0.2, 0.25) is 0 Å².